The van der Waals surface area contributed by atoms with E-state index in [2.05, 4.69) is 10.3 Å². The predicted molar refractivity (Wildman–Crippen MR) is 158 cm³/mol. The van der Waals surface area contributed by atoms with Crippen LogP contribution in [0.5, 0.6) is 5.75 Å². The fraction of sp³-hybridized carbons (Fsp3) is 0.0968. The van der Waals surface area contributed by atoms with Crippen LogP contribution in [0.1, 0.15) is 10.4 Å². The Bertz CT molecular complexity index is 2230. The second kappa shape index (κ2) is 10.5. The molecule has 0 unspecified atom stereocenters. The molecule has 0 atom stereocenters. The third-order valence-corrected chi connectivity index (χ3v) is 8.28. The van der Waals surface area contributed by atoms with Gasteiger partial charge in [-0.05, 0) is 54.1 Å². The van der Waals surface area contributed by atoms with Crippen molar-refractivity contribution in [1.82, 2.24) is 10.3 Å². The van der Waals surface area contributed by atoms with Crippen LogP contribution in [-0.4, -0.2) is 44.8 Å². The minimum atomic E-state index is -3.83. The number of nitrogens with one attached hydrogen (secondary N) is 1. The lowest BCUT2D eigenvalue weighted by Gasteiger charge is -2.21. The summed E-state index contributed by atoms with van der Waals surface area (Å²) in [4.78, 5) is 17.3. The molecule has 2 aromatic heterocycles. The minimum absolute atomic E-state index is 0.0803. The molecule has 6 aromatic rings. The summed E-state index contributed by atoms with van der Waals surface area (Å²) in [6.45, 7) is 0. The van der Waals surface area contributed by atoms with E-state index in [4.69, 9.17) is 8.83 Å². The lowest BCUT2D eigenvalue weighted by molar-refractivity contribution is 0.0964. The van der Waals surface area contributed by atoms with Crippen molar-refractivity contribution in [3.63, 3.8) is 0 Å². The van der Waals surface area contributed by atoms with Crippen LogP contribution in [0, 0.1) is 17.5 Å². The van der Waals surface area contributed by atoms with Gasteiger partial charge in [0.1, 0.15) is 34.2 Å². The Hall–Kier alpha value is -5.30. The van der Waals surface area contributed by atoms with Gasteiger partial charge in [-0.2, -0.15) is 0 Å². The first-order valence-electron chi connectivity index (χ1n) is 13.0. The highest BCUT2D eigenvalue weighted by molar-refractivity contribution is 7.92. The van der Waals surface area contributed by atoms with E-state index in [1.807, 2.05) is 0 Å². The number of nitrogens with zero attached hydrogens (tertiary/aromatic N) is 2. The van der Waals surface area contributed by atoms with E-state index < -0.39 is 33.4 Å². The minimum Gasteiger partial charge on any atom is -0.508 e. The smallest absolute Gasteiger partial charge is 0.255 e. The van der Waals surface area contributed by atoms with Crippen LogP contribution in [0.25, 0.3) is 56.0 Å². The summed E-state index contributed by atoms with van der Waals surface area (Å²) in [6.07, 6.45) is 1.00. The predicted octanol–water partition coefficient (Wildman–Crippen LogP) is 6.45. The second-order valence-corrected chi connectivity index (χ2v) is 12.0. The van der Waals surface area contributed by atoms with Crippen molar-refractivity contribution in [2.24, 2.45) is 0 Å². The van der Waals surface area contributed by atoms with Crippen molar-refractivity contribution < 1.29 is 40.3 Å². The highest BCUT2D eigenvalue weighted by atomic mass is 32.2. The highest BCUT2D eigenvalue weighted by Gasteiger charge is 2.26. The van der Waals surface area contributed by atoms with E-state index >= 15 is 0 Å². The lowest BCUT2D eigenvalue weighted by atomic mass is 9.97. The molecule has 0 saturated heterocycles. The van der Waals surface area contributed by atoms with Gasteiger partial charge in [0.2, 0.25) is 15.9 Å². The Kier molecular flexibility index (Phi) is 6.84. The van der Waals surface area contributed by atoms with E-state index in [0.29, 0.717) is 17.0 Å². The molecular formula is C31H22F3N3O6S. The average molecular weight is 622 g/mol. The Morgan fingerprint density at radius 1 is 0.909 bits per heavy atom. The van der Waals surface area contributed by atoms with Crippen molar-refractivity contribution in [1.29, 1.82) is 0 Å². The normalized spacial score (nSPS) is 11.8. The van der Waals surface area contributed by atoms with Crippen LogP contribution in [0.3, 0.4) is 0 Å². The quantitative estimate of drug-likeness (QED) is 0.219. The molecule has 0 spiro atoms. The molecule has 0 aliphatic heterocycles. The molecule has 44 heavy (non-hydrogen) atoms. The number of phenols is 1. The van der Waals surface area contributed by atoms with Crippen LogP contribution in [0.4, 0.5) is 18.9 Å². The number of rotatable bonds is 6. The zero-order chi connectivity index (χ0) is 31.5. The first-order valence-corrected chi connectivity index (χ1v) is 14.8. The number of aromatic nitrogens is 1. The third-order valence-electron chi connectivity index (χ3n) is 7.09. The number of hydrogen-bond donors (Lipinski definition) is 2. The van der Waals surface area contributed by atoms with Crippen molar-refractivity contribution in [3.05, 3.63) is 89.7 Å². The van der Waals surface area contributed by atoms with Gasteiger partial charge in [0, 0.05) is 54.4 Å². The van der Waals surface area contributed by atoms with Crippen LogP contribution >= 0.6 is 0 Å². The number of sulfonamides is 1. The summed E-state index contributed by atoms with van der Waals surface area (Å²) in [7, 11) is -1.08. The van der Waals surface area contributed by atoms with Gasteiger partial charge >= 0.3 is 0 Å². The van der Waals surface area contributed by atoms with Gasteiger partial charge < -0.3 is 19.3 Å². The molecule has 13 heteroatoms. The molecule has 0 fully saturated rings. The highest BCUT2D eigenvalue weighted by Crippen LogP contribution is 2.43. The number of fused-ring (bicyclic) bond motifs is 2. The van der Waals surface area contributed by atoms with E-state index in [1.165, 1.54) is 68.7 Å². The van der Waals surface area contributed by atoms with Crippen molar-refractivity contribution in [2.45, 2.75) is 0 Å². The van der Waals surface area contributed by atoms with Crippen molar-refractivity contribution >= 4 is 43.7 Å². The van der Waals surface area contributed by atoms with Crippen LogP contribution in [0.15, 0.2) is 75.6 Å². The van der Waals surface area contributed by atoms with E-state index in [0.717, 1.165) is 16.6 Å². The number of hydrogen-bond acceptors (Lipinski definition) is 7. The Morgan fingerprint density at radius 2 is 1.61 bits per heavy atom. The lowest BCUT2D eigenvalue weighted by Crippen LogP contribution is -2.25. The SMILES string of the molecule is CNC(=O)c1c(-c2ccc(F)cc2)oc2cc(N(C)S(C)(=O)=O)c(-c3cc(O)cc(-c4nc5cc(F)cc(F)c5o4)c3)cc12. The number of amides is 1. The van der Waals surface area contributed by atoms with Gasteiger partial charge in [0.15, 0.2) is 11.4 Å². The molecular weight excluding hydrogens is 599 g/mol. The number of phenolic OH excluding ortho intramolecular Hbond substituents is 1. The molecule has 224 valence electrons. The van der Waals surface area contributed by atoms with Crippen LogP contribution in [0.2, 0.25) is 0 Å². The topological polar surface area (TPSA) is 126 Å². The number of anilines is 1. The number of aromatic hydroxyl groups is 1. The molecule has 2 heterocycles. The number of halogens is 3. The van der Waals surface area contributed by atoms with Crippen molar-refractivity contribution in [2.75, 3.05) is 24.7 Å². The summed E-state index contributed by atoms with van der Waals surface area (Å²) in [6, 6.07) is 14.1. The molecule has 2 N–H and O–H groups in total. The van der Waals surface area contributed by atoms with Crippen LogP contribution in [-0.2, 0) is 10.0 Å². The second-order valence-electron chi connectivity index (χ2n) is 10.0. The molecule has 0 radical (unpaired) electrons. The Labute approximate surface area is 248 Å². The molecule has 4 aromatic carbocycles. The molecule has 0 aliphatic carbocycles. The molecule has 0 saturated carbocycles. The summed E-state index contributed by atoms with van der Waals surface area (Å²) in [5.41, 5.74) is 1.14. The zero-order valence-electron chi connectivity index (χ0n) is 23.3. The van der Waals surface area contributed by atoms with Crippen molar-refractivity contribution in [3.8, 4) is 39.7 Å². The maximum atomic E-state index is 14.3. The number of carbonyl (C=O) groups excluding carboxylic acids is 1. The standard InChI is InChI=1S/C31H22F3N3O6S/c1-35-30(39)27-22-13-21(16-8-17(10-20(38)9-16)31-36-24-12-19(33)11-23(34)29(24)43-31)25(37(2)44(3,40)41)14-26(22)42-28(27)15-4-6-18(32)7-5-15/h4-14,38H,1-3H3,(H,35,39). The summed E-state index contributed by atoms with van der Waals surface area (Å²) in [5, 5.41) is 13.6. The number of furan rings is 1. The summed E-state index contributed by atoms with van der Waals surface area (Å²) in [5.74, 6) is -3.09. The maximum Gasteiger partial charge on any atom is 0.255 e. The van der Waals surface area contributed by atoms with Gasteiger partial charge in [-0.1, -0.05) is 0 Å². The van der Waals surface area contributed by atoms with E-state index in [-0.39, 0.29) is 62.0 Å². The maximum absolute atomic E-state index is 14.3. The Morgan fingerprint density at radius 3 is 2.30 bits per heavy atom. The van der Waals surface area contributed by atoms with Gasteiger partial charge in [0.05, 0.1) is 17.5 Å². The number of benzene rings is 4. The fourth-order valence-electron chi connectivity index (χ4n) is 4.93. The van der Waals surface area contributed by atoms with Gasteiger partial charge in [-0.3, -0.25) is 9.10 Å². The monoisotopic (exact) mass is 621 g/mol. The fourth-order valence-corrected chi connectivity index (χ4v) is 5.44. The summed E-state index contributed by atoms with van der Waals surface area (Å²) >= 11 is 0. The van der Waals surface area contributed by atoms with Gasteiger partial charge in [-0.15, -0.1) is 0 Å². The molecule has 0 bridgehead atoms. The largest absolute Gasteiger partial charge is 0.508 e. The molecule has 0 aliphatic rings. The zero-order valence-corrected chi connectivity index (χ0v) is 24.1. The van der Waals surface area contributed by atoms with Gasteiger partial charge in [-0.25, -0.2) is 26.6 Å². The Balaban J connectivity index is 1.63. The number of carbonyl (C=O) groups is 1. The van der Waals surface area contributed by atoms with E-state index in [1.54, 1.807) is 0 Å². The molecule has 9 nitrogen and oxygen atoms in total. The summed E-state index contributed by atoms with van der Waals surface area (Å²) < 4.78 is 79.8. The number of oxazole rings is 1. The average Bonchev–Trinajstić information content (AvgIpc) is 3.57. The van der Waals surface area contributed by atoms with Crippen LogP contribution < -0.4 is 9.62 Å². The van der Waals surface area contributed by atoms with Gasteiger partial charge in [0.25, 0.3) is 5.91 Å². The molecule has 6 rings (SSSR count). The van der Waals surface area contributed by atoms with E-state index in [9.17, 15) is 31.5 Å². The first kappa shape index (κ1) is 28.8. The first-order chi connectivity index (χ1) is 20.8. The third kappa shape index (κ3) is 5.00. The molecule has 1 amide bonds.